The second-order valence-electron chi connectivity index (χ2n) is 3.01. The van der Waals surface area contributed by atoms with Crippen LogP contribution < -0.4 is 0 Å². The summed E-state index contributed by atoms with van der Waals surface area (Å²) in [5.74, 6) is -2.60. The van der Waals surface area contributed by atoms with E-state index in [1.807, 2.05) is 0 Å². The Labute approximate surface area is 60.6 Å². The summed E-state index contributed by atoms with van der Waals surface area (Å²) in [5, 5.41) is 0. The highest BCUT2D eigenvalue weighted by Crippen LogP contribution is 2.51. The average Bonchev–Trinajstić information content (AvgIpc) is 2.41. The van der Waals surface area contributed by atoms with Gasteiger partial charge in [0.1, 0.15) is 0 Å². The van der Waals surface area contributed by atoms with Crippen molar-refractivity contribution in [1.29, 1.82) is 0 Å². The van der Waals surface area contributed by atoms with E-state index < -0.39 is 5.92 Å². The van der Waals surface area contributed by atoms with Crippen LogP contribution in [0.1, 0.15) is 32.1 Å². The summed E-state index contributed by atoms with van der Waals surface area (Å²) < 4.78 is 24.4. The Bertz CT molecular complexity index is 110. The molecule has 0 bridgehead atoms. The van der Waals surface area contributed by atoms with Gasteiger partial charge in [0, 0.05) is 12.3 Å². The molecule has 1 rings (SSSR count). The third-order valence-electron chi connectivity index (χ3n) is 2.01. The molecule has 1 aliphatic carbocycles. The van der Waals surface area contributed by atoms with Crippen molar-refractivity contribution in [3.63, 3.8) is 0 Å². The van der Waals surface area contributed by atoms with E-state index in [1.54, 1.807) is 0 Å². The van der Waals surface area contributed by atoms with Gasteiger partial charge in [-0.15, -0.1) is 0 Å². The summed E-state index contributed by atoms with van der Waals surface area (Å²) in [6, 6.07) is 0. The maximum Gasteiger partial charge on any atom is 0.251 e. The normalized spacial score (nSPS) is 28.5. The highest BCUT2D eigenvalue weighted by Gasteiger charge is 2.55. The zero-order valence-corrected chi connectivity index (χ0v) is 6.08. The Morgan fingerprint density at radius 3 is 2.40 bits per heavy atom. The van der Waals surface area contributed by atoms with Gasteiger partial charge in [0.05, 0.1) is 0 Å². The Morgan fingerprint density at radius 1 is 1.40 bits per heavy atom. The molecule has 1 unspecified atom stereocenters. The van der Waals surface area contributed by atoms with Crippen molar-refractivity contribution in [2.24, 2.45) is 5.92 Å². The minimum Gasteiger partial charge on any atom is -0.207 e. The predicted octanol–water partition coefficient (Wildman–Crippen LogP) is 3.04. The zero-order valence-electron chi connectivity index (χ0n) is 6.08. The van der Waals surface area contributed by atoms with Crippen molar-refractivity contribution in [3.05, 3.63) is 6.92 Å². The molecule has 0 N–H and O–H groups in total. The van der Waals surface area contributed by atoms with E-state index in [1.165, 1.54) is 0 Å². The first kappa shape index (κ1) is 7.96. The van der Waals surface area contributed by atoms with E-state index >= 15 is 0 Å². The molecule has 59 valence electrons. The molecule has 0 spiro atoms. The standard InChI is InChI=1S/C8H13F2/c1-2-3-4-5-7-6-8(7,9)10/h7H,1-6H2. The molecule has 1 saturated carbocycles. The van der Waals surface area contributed by atoms with Gasteiger partial charge in [0.15, 0.2) is 0 Å². The van der Waals surface area contributed by atoms with E-state index in [4.69, 9.17) is 0 Å². The molecular weight excluding hydrogens is 134 g/mol. The molecule has 1 radical (unpaired) electrons. The van der Waals surface area contributed by atoms with Crippen molar-refractivity contribution in [2.75, 3.05) is 0 Å². The lowest BCUT2D eigenvalue weighted by molar-refractivity contribution is 0.0965. The minimum atomic E-state index is -2.30. The number of hydrogen-bond acceptors (Lipinski definition) is 0. The molecule has 0 aromatic rings. The fraction of sp³-hybridized carbons (Fsp3) is 0.875. The van der Waals surface area contributed by atoms with Crippen molar-refractivity contribution in [3.8, 4) is 0 Å². The van der Waals surface area contributed by atoms with Gasteiger partial charge >= 0.3 is 0 Å². The molecule has 0 aliphatic heterocycles. The fourth-order valence-electron chi connectivity index (χ4n) is 1.15. The highest BCUT2D eigenvalue weighted by atomic mass is 19.3. The van der Waals surface area contributed by atoms with Crippen LogP contribution in [0.3, 0.4) is 0 Å². The van der Waals surface area contributed by atoms with Crippen LogP contribution in [0.5, 0.6) is 0 Å². The summed E-state index contributed by atoms with van der Waals surface area (Å²) in [7, 11) is 0. The van der Waals surface area contributed by atoms with Crippen LogP contribution in [-0.4, -0.2) is 5.92 Å². The molecule has 2 heteroatoms. The Balaban J connectivity index is 1.97. The highest BCUT2D eigenvalue weighted by molar-refractivity contribution is 4.94. The quantitative estimate of drug-likeness (QED) is 0.536. The monoisotopic (exact) mass is 147 g/mol. The van der Waals surface area contributed by atoms with Gasteiger partial charge in [-0.2, -0.15) is 0 Å². The number of rotatable bonds is 4. The van der Waals surface area contributed by atoms with Gasteiger partial charge in [0.2, 0.25) is 0 Å². The van der Waals surface area contributed by atoms with Crippen LogP contribution in [0.25, 0.3) is 0 Å². The molecule has 1 atom stereocenters. The summed E-state index contributed by atoms with van der Waals surface area (Å²) in [4.78, 5) is 0. The third kappa shape index (κ3) is 1.93. The van der Waals surface area contributed by atoms with E-state index in [-0.39, 0.29) is 12.3 Å². The van der Waals surface area contributed by atoms with Gasteiger partial charge < -0.3 is 0 Å². The van der Waals surface area contributed by atoms with Gasteiger partial charge in [-0.05, 0) is 6.42 Å². The third-order valence-corrected chi connectivity index (χ3v) is 2.01. The second kappa shape index (κ2) is 2.85. The van der Waals surface area contributed by atoms with Crippen molar-refractivity contribution in [2.45, 2.75) is 38.0 Å². The van der Waals surface area contributed by atoms with E-state index in [9.17, 15) is 8.78 Å². The molecule has 10 heavy (non-hydrogen) atoms. The van der Waals surface area contributed by atoms with Crippen LogP contribution in [-0.2, 0) is 0 Å². The summed E-state index contributed by atoms with van der Waals surface area (Å²) in [6.45, 7) is 3.65. The Kier molecular flexibility index (Phi) is 2.27. The molecule has 0 aromatic heterocycles. The lowest BCUT2D eigenvalue weighted by Gasteiger charge is -1.95. The summed E-state index contributed by atoms with van der Waals surface area (Å²) in [5.41, 5.74) is 0. The largest absolute Gasteiger partial charge is 0.251 e. The number of unbranched alkanes of at least 4 members (excludes halogenated alkanes) is 2. The number of hydrogen-bond donors (Lipinski definition) is 0. The van der Waals surface area contributed by atoms with Crippen molar-refractivity contribution < 1.29 is 8.78 Å². The van der Waals surface area contributed by atoms with Gasteiger partial charge in [-0.3, -0.25) is 0 Å². The molecular formula is C8H13F2. The van der Waals surface area contributed by atoms with Gasteiger partial charge in [-0.25, -0.2) is 8.78 Å². The average molecular weight is 147 g/mol. The Hall–Kier alpha value is -0.140. The van der Waals surface area contributed by atoms with Crippen molar-refractivity contribution >= 4 is 0 Å². The lowest BCUT2D eigenvalue weighted by Crippen LogP contribution is -1.92. The predicted molar refractivity (Wildman–Crippen MR) is 36.9 cm³/mol. The van der Waals surface area contributed by atoms with E-state index in [0.29, 0.717) is 6.42 Å². The maximum absolute atomic E-state index is 12.2. The van der Waals surface area contributed by atoms with Crippen LogP contribution in [0.2, 0.25) is 0 Å². The molecule has 1 aliphatic rings. The minimum absolute atomic E-state index is 0.129. The molecule has 0 heterocycles. The number of alkyl halides is 2. The van der Waals surface area contributed by atoms with Crippen LogP contribution in [0.4, 0.5) is 8.78 Å². The smallest absolute Gasteiger partial charge is 0.207 e. The first-order chi connectivity index (χ1) is 4.67. The SMILES string of the molecule is [CH2]CCCCC1CC1(F)F. The van der Waals surface area contributed by atoms with Crippen LogP contribution in [0, 0.1) is 12.8 Å². The van der Waals surface area contributed by atoms with E-state index in [0.717, 1.165) is 19.3 Å². The molecule has 1 fully saturated rings. The van der Waals surface area contributed by atoms with Crippen LogP contribution in [0.15, 0.2) is 0 Å². The van der Waals surface area contributed by atoms with Crippen molar-refractivity contribution in [1.82, 2.24) is 0 Å². The molecule has 0 saturated heterocycles. The second-order valence-corrected chi connectivity index (χ2v) is 3.01. The molecule has 0 aromatic carbocycles. The van der Waals surface area contributed by atoms with Crippen LogP contribution >= 0.6 is 0 Å². The number of halogens is 2. The lowest BCUT2D eigenvalue weighted by atomic mass is 10.1. The topological polar surface area (TPSA) is 0 Å². The van der Waals surface area contributed by atoms with Gasteiger partial charge in [-0.1, -0.05) is 26.2 Å². The fourth-order valence-corrected chi connectivity index (χ4v) is 1.15. The zero-order chi connectivity index (χ0) is 7.61. The first-order valence-corrected chi connectivity index (χ1v) is 3.84. The summed E-state index contributed by atoms with van der Waals surface area (Å²) in [6.07, 6.45) is 3.61. The Morgan fingerprint density at radius 2 is 2.00 bits per heavy atom. The summed E-state index contributed by atoms with van der Waals surface area (Å²) >= 11 is 0. The first-order valence-electron chi connectivity index (χ1n) is 3.84. The van der Waals surface area contributed by atoms with E-state index in [2.05, 4.69) is 6.92 Å². The maximum atomic E-state index is 12.2. The molecule has 0 nitrogen and oxygen atoms in total. The molecule has 0 amide bonds. The van der Waals surface area contributed by atoms with Gasteiger partial charge in [0.25, 0.3) is 5.92 Å².